The maximum absolute atomic E-state index is 5.41. The highest BCUT2D eigenvalue weighted by Crippen LogP contribution is 2.19. The average molecular weight is 243 g/mol. The Morgan fingerprint density at radius 2 is 1.94 bits per heavy atom. The second-order valence-corrected chi connectivity index (χ2v) is 4.57. The van der Waals surface area contributed by atoms with E-state index in [4.69, 9.17) is 4.52 Å². The van der Waals surface area contributed by atoms with Crippen LogP contribution in [-0.4, -0.2) is 36.2 Å². The van der Waals surface area contributed by atoms with Crippen molar-refractivity contribution < 1.29 is 4.52 Å². The smallest absolute Gasteiger partial charge is 0.151 e. The summed E-state index contributed by atoms with van der Waals surface area (Å²) in [5.74, 6) is 0.941. The topological polar surface area (TPSA) is 41.3 Å². The van der Waals surface area contributed by atoms with Gasteiger partial charge in [0.05, 0.1) is 6.54 Å². The lowest BCUT2D eigenvalue weighted by atomic mass is 10.1. The summed E-state index contributed by atoms with van der Waals surface area (Å²) in [6, 6.07) is 12.2. The summed E-state index contributed by atoms with van der Waals surface area (Å²) in [7, 11) is 0. The van der Waals surface area contributed by atoms with Gasteiger partial charge in [-0.3, -0.25) is 4.90 Å². The minimum Gasteiger partial charge on any atom is -0.359 e. The van der Waals surface area contributed by atoms with Crippen molar-refractivity contribution in [3.63, 3.8) is 0 Å². The van der Waals surface area contributed by atoms with Crippen LogP contribution in [-0.2, 0) is 6.54 Å². The number of aromatic nitrogens is 1. The first kappa shape index (κ1) is 11.4. The fraction of sp³-hybridized carbons (Fsp3) is 0.357. The molecule has 1 aromatic heterocycles. The molecule has 1 saturated heterocycles. The molecule has 0 radical (unpaired) electrons. The molecule has 1 aliphatic heterocycles. The van der Waals surface area contributed by atoms with Gasteiger partial charge in [0.25, 0.3) is 0 Å². The zero-order valence-electron chi connectivity index (χ0n) is 10.3. The van der Waals surface area contributed by atoms with Crippen LogP contribution in [0.1, 0.15) is 5.76 Å². The standard InChI is InChI=1S/C14H17N3O/c1-2-4-12(5-3-1)14-10-13(18-16-14)11-17-8-6-15-7-9-17/h1-5,10,15H,6-9,11H2. The number of nitrogens with zero attached hydrogens (tertiary/aromatic N) is 2. The van der Waals surface area contributed by atoms with Crippen LogP contribution in [0.3, 0.4) is 0 Å². The van der Waals surface area contributed by atoms with Crippen LogP contribution in [0.2, 0.25) is 0 Å². The van der Waals surface area contributed by atoms with Gasteiger partial charge < -0.3 is 9.84 Å². The van der Waals surface area contributed by atoms with E-state index < -0.39 is 0 Å². The van der Waals surface area contributed by atoms with Crippen LogP contribution in [0, 0.1) is 0 Å². The summed E-state index contributed by atoms with van der Waals surface area (Å²) < 4.78 is 5.41. The van der Waals surface area contributed by atoms with Crippen molar-refractivity contribution in [2.45, 2.75) is 6.54 Å². The highest BCUT2D eigenvalue weighted by atomic mass is 16.5. The van der Waals surface area contributed by atoms with E-state index >= 15 is 0 Å². The van der Waals surface area contributed by atoms with Crippen LogP contribution in [0.15, 0.2) is 40.9 Å². The van der Waals surface area contributed by atoms with E-state index in [1.54, 1.807) is 0 Å². The minimum atomic E-state index is 0.849. The Morgan fingerprint density at radius 1 is 1.17 bits per heavy atom. The fourth-order valence-electron chi connectivity index (χ4n) is 2.22. The predicted molar refractivity (Wildman–Crippen MR) is 70.1 cm³/mol. The van der Waals surface area contributed by atoms with Crippen LogP contribution in [0.4, 0.5) is 0 Å². The second kappa shape index (κ2) is 5.33. The van der Waals surface area contributed by atoms with E-state index in [9.17, 15) is 0 Å². The van der Waals surface area contributed by atoms with Gasteiger partial charge in [0.1, 0.15) is 5.69 Å². The van der Waals surface area contributed by atoms with Gasteiger partial charge in [-0.15, -0.1) is 0 Å². The lowest BCUT2D eigenvalue weighted by Gasteiger charge is -2.25. The molecule has 1 aromatic carbocycles. The fourth-order valence-corrected chi connectivity index (χ4v) is 2.22. The van der Waals surface area contributed by atoms with Gasteiger partial charge in [0.2, 0.25) is 0 Å². The number of piperazine rings is 1. The Labute approximate surface area is 107 Å². The maximum Gasteiger partial charge on any atom is 0.151 e. The Bertz CT molecular complexity index is 489. The van der Waals surface area contributed by atoms with E-state index in [0.29, 0.717) is 0 Å². The molecule has 2 heterocycles. The van der Waals surface area contributed by atoms with Gasteiger partial charge in [0, 0.05) is 37.8 Å². The first-order valence-electron chi connectivity index (χ1n) is 6.36. The Hall–Kier alpha value is -1.65. The van der Waals surface area contributed by atoms with Crippen LogP contribution < -0.4 is 5.32 Å². The van der Waals surface area contributed by atoms with Crippen molar-refractivity contribution in [3.8, 4) is 11.3 Å². The predicted octanol–water partition coefficient (Wildman–Crippen LogP) is 1.75. The van der Waals surface area contributed by atoms with Crippen LogP contribution in [0.5, 0.6) is 0 Å². The first-order chi connectivity index (χ1) is 8.92. The third-order valence-corrected chi connectivity index (χ3v) is 3.22. The van der Waals surface area contributed by atoms with Crippen molar-refractivity contribution in [1.29, 1.82) is 0 Å². The molecule has 4 heteroatoms. The normalized spacial score (nSPS) is 16.9. The minimum absolute atomic E-state index is 0.849. The molecule has 0 atom stereocenters. The number of benzene rings is 1. The van der Waals surface area contributed by atoms with Gasteiger partial charge in [-0.2, -0.15) is 0 Å². The number of hydrogen-bond acceptors (Lipinski definition) is 4. The molecule has 1 N–H and O–H groups in total. The van der Waals surface area contributed by atoms with Crippen molar-refractivity contribution in [1.82, 2.24) is 15.4 Å². The lowest BCUT2D eigenvalue weighted by Crippen LogP contribution is -2.42. The van der Waals surface area contributed by atoms with Gasteiger partial charge in [0.15, 0.2) is 5.76 Å². The van der Waals surface area contributed by atoms with E-state index in [-0.39, 0.29) is 0 Å². The van der Waals surface area contributed by atoms with Crippen molar-refractivity contribution in [3.05, 3.63) is 42.2 Å². The summed E-state index contributed by atoms with van der Waals surface area (Å²) in [6.07, 6.45) is 0. The number of rotatable bonds is 3. The van der Waals surface area contributed by atoms with Crippen molar-refractivity contribution in [2.24, 2.45) is 0 Å². The molecule has 0 aliphatic carbocycles. The molecule has 3 rings (SSSR count). The third-order valence-electron chi connectivity index (χ3n) is 3.22. The monoisotopic (exact) mass is 243 g/mol. The van der Waals surface area contributed by atoms with Gasteiger partial charge in [-0.25, -0.2) is 0 Å². The van der Waals surface area contributed by atoms with Crippen molar-refractivity contribution in [2.75, 3.05) is 26.2 Å². The summed E-state index contributed by atoms with van der Waals surface area (Å²) in [4.78, 5) is 2.38. The molecular formula is C14H17N3O. The molecule has 94 valence electrons. The van der Waals surface area contributed by atoms with E-state index in [1.807, 2.05) is 36.4 Å². The Morgan fingerprint density at radius 3 is 2.72 bits per heavy atom. The summed E-state index contributed by atoms with van der Waals surface area (Å²) in [5.41, 5.74) is 2.02. The first-order valence-corrected chi connectivity index (χ1v) is 6.36. The highest BCUT2D eigenvalue weighted by molar-refractivity contribution is 5.58. The van der Waals surface area contributed by atoms with Crippen molar-refractivity contribution >= 4 is 0 Å². The summed E-state index contributed by atoms with van der Waals surface area (Å²) in [6.45, 7) is 5.10. The molecule has 2 aromatic rings. The third kappa shape index (κ3) is 2.60. The Kier molecular flexibility index (Phi) is 3.39. The summed E-state index contributed by atoms with van der Waals surface area (Å²) in [5, 5.41) is 7.48. The van der Waals surface area contributed by atoms with E-state index in [2.05, 4.69) is 15.4 Å². The zero-order valence-corrected chi connectivity index (χ0v) is 10.3. The lowest BCUT2D eigenvalue weighted by molar-refractivity contribution is 0.207. The molecule has 4 nitrogen and oxygen atoms in total. The molecule has 1 aliphatic rings. The Balaban J connectivity index is 1.69. The summed E-state index contributed by atoms with van der Waals surface area (Å²) >= 11 is 0. The zero-order chi connectivity index (χ0) is 12.2. The highest BCUT2D eigenvalue weighted by Gasteiger charge is 2.13. The largest absolute Gasteiger partial charge is 0.359 e. The molecule has 0 bridgehead atoms. The molecule has 0 amide bonds. The SMILES string of the molecule is c1ccc(-c2cc(CN3CCNCC3)on2)cc1. The van der Waals surface area contributed by atoms with Gasteiger partial charge in [-0.05, 0) is 0 Å². The van der Waals surface area contributed by atoms with Crippen LogP contribution >= 0.6 is 0 Å². The van der Waals surface area contributed by atoms with Crippen LogP contribution in [0.25, 0.3) is 11.3 Å². The molecule has 0 unspecified atom stereocenters. The van der Waals surface area contributed by atoms with E-state index in [0.717, 1.165) is 49.7 Å². The van der Waals surface area contributed by atoms with Gasteiger partial charge in [-0.1, -0.05) is 35.5 Å². The molecular weight excluding hydrogens is 226 g/mol. The molecule has 0 spiro atoms. The second-order valence-electron chi connectivity index (χ2n) is 4.57. The molecule has 0 saturated carbocycles. The van der Waals surface area contributed by atoms with E-state index in [1.165, 1.54) is 0 Å². The number of nitrogens with one attached hydrogen (secondary N) is 1. The van der Waals surface area contributed by atoms with Gasteiger partial charge >= 0.3 is 0 Å². The average Bonchev–Trinajstić information content (AvgIpc) is 2.89. The molecule has 18 heavy (non-hydrogen) atoms. The quantitative estimate of drug-likeness (QED) is 0.891. The number of hydrogen-bond donors (Lipinski definition) is 1. The molecule has 1 fully saturated rings. The maximum atomic E-state index is 5.41.